The van der Waals surface area contributed by atoms with Gasteiger partial charge < -0.3 is 9.32 Å². The highest BCUT2D eigenvalue weighted by atomic mass is 16.3. The van der Waals surface area contributed by atoms with E-state index < -0.39 is 0 Å². The molecule has 10 rings (SSSR count). The Morgan fingerprint density at radius 1 is 0.315 bits per heavy atom. The van der Waals surface area contributed by atoms with Gasteiger partial charge in [0, 0.05) is 27.4 Å². The van der Waals surface area contributed by atoms with Crippen LogP contribution in [-0.2, 0) is 0 Å². The molecule has 0 saturated heterocycles. The number of benzene rings is 9. The maximum absolute atomic E-state index is 6.27. The van der Waals surface area contributed by atoms with Crippen molar-refractivity contribution in [2.45, 2.75) is 0 Å². The third kappa shape index (κ3) is 5.71. The van der Waals surface area contributed by atoms with Crippen molar-refractivity contribution in [2.75, 3.05) is 4.90 Å². The molecular weight excluding hydrogens is 655 g/mol. The fraction of sp³-hybridized carbons (Fsp3) is 0. The standard InChI is InChI=1S/C52H35NO/c1-2-12-36(13-3-1)37-24-26-38(27-25-37)39-28-30-44(31-29-39)53(49-22-11-16-40-14-4-6-19-46(40)49)50-33-32-45(47-20-7-8-21-48(47)50)41-17-10-18-42(34-41)52-35-43-15-5-9-23-51(43)54-52/h1-35H. The van der Waals surface area contributed by atoms with Crippen LogP contribution in [0, 0.1) is 0 Å². The minimum absolute atomic E-state index is 0.872. The van der Waals surface area contributed by atoms with Gasteiger partial charge in [0.25, 0.3) is 0 Å². The average Bonchev–Trinajstić information content (AvgIpc) is 3.69. The molecule has 9 aromatic carbocycles. The molecule has 0 radical (unpaired) electrons. The molecule has 0 spiro atoms. The van der Waals surface area contributed by atoms with Crippen LogP contribution in [0.25, 0.3) is 77.2 Å². The number of hydrogen-bond acceptors (Lipinski definition) is 2. The van der Waals surface area contributed by atoms with Crippen LogP contribution in [0.1, 0.15) is 0 Å². The van der Waals surface area contributed by atoms with Crippen LogP contribution in [0.4, 0.5) is 17.1 Å². The lowest BCUT2D eigenvalue weighted by atomic mass is 9.94. The molecule has 0 aliphatic rings. The predicted molar refractivity (Wildman–Crippen MR) is 228 cm³/mol. The second-order valence-electron chi connectivity index (χ2n) is 13.7. The van der Waals surface area contributed by atoms with E-state index in [1.54, 1.807) is 0 Å². The van der Waals surface area contributed by atoms with Gasteiger partial charge in [-0.3, -0.25) is 0 Å². The van der Waals surface area contributed by atoms with Crippen molar-refractivity contribution in [1.82, 2.24) is 0 Å². The molecule has 0 fully saturated rings. The summed E-state index contributed by atoms with van der Waals surface area (Å²) in [5, 5.41) is 5.88. The van der Waals surface area contributed by atoms with E-state index >= 15 is 0 Å². The van der Waals surface area contributed by atoms with Crippen LogP contribution in [0.15, 0.2) is 217 Å². The first-order valence-electron chi connectivity index (χ1n) is 18.4. The maximum Gasteiger partial charge on any atom is 0.135 e. The summed E-state index contributed by atoms with van der Waals surface area (Å²) in [6, 6.07) is 75.9. The summed E-state index contributed by atoms with van der Waals surface area (Å²) >= 11 is 0. The molecule has 2 nitrogen and oxygen atoms in total. The van der Waals surface area contributed by atoms with Crippen LogP contribution >= 0.6 is 0 Å². The van der Waals surface area contributed by atoms with Gasteiger partial charge in [0.15, 0.2) is 0 Å². The van der Waals surface area contributed by atoms with E-state index in [0.717, 1.165) is 44.9 Å². The Labute approximate surface area is 314 Å². The first-order valence-corrected chi connectivity index (χ1v) is 18.4. The molecule has 0 aliphatic carbocycles. The lowest BCUT2D eigenvalue weighted by Gasteiger charge is -2.29. The fourth-order valence-electron chi connectivity index (χ4n) is 7.79. The van der Waals surface area contributed by atoms with Gasteiger partial charge in [0.1, 0.15) is 11.3 Å². The summed E-state index contributed by atoms with van der Waals surface area (Å²) < 4.78 is 6.27. The molecule has 0 aliphatic heterocycles. The maximum atomic E-state index is 6.27. The second kappa shape index (κ2) is 13.4. The molecule has 54 heavy (non-hydrogen) atoms. The molecule has 254 valence electrons. The molecule has 2 heteroatoms. The van der Waals surface area contributed by atoms with Crippen LogP contribution in [0.2, 0.25) is 0 Å². The number of rotatable bonds is 7. The van der Waals surface area contributed by atoms with E-state index in [4.69, 9.17) is 4.42 Å². The van der Waals surface area contributed by atoms with E-state index in [2.05, 4.69) is 199 Å². The Balaban J connectivity index is 1.08. The molecule has 0 unspecified atom stereocenters. The smallest absolute Gasteiger partial charge is 0.135 e. The zero-order valence-corrected chi connectivity index (χ0v) is 29.6. The van der Waals surface area contributed by atoms with E-state index in [-0.39, 0.29) is 0 Å². The Bertz CT molecular complexity index is 2880. The number of nitrogens with zero attached hydrogens (tertiary/aromatic N) is 1. The fourth-order valence-corrected chi connectivity index (χ4v) is 7.79. The highest BCUT2D eigenvalue weighted by molar-refractivity contribution is 6.09. The van der Waals surface area contributed by atoms with Crippen LogP contribution < -0.4 is 4.90 Å². The van der Waals surface area contributed by atoms with Crippen LogP contribution in [-0.4, -0.2) is 0 Å². The summed E-state index contributed by atoms with van der Waals surface area (Å²) in [5.41, 5.74) is 12.5. The van der Waals surface area contributed by atoms with Gasteiger partial charge >= 0.3 is 0 Å². The molecule has 0 N–H and O–H groups in total. The Morgan fingerprint density at radius 3 is 1.61 bits per heavy atom. The first-order chi connectivity index (χ1) is 26.8. The van der Waals surface area contributed by atoms with E-state index in [1.807, 2.05) is 18.2 Å². The highest BCUT2D eigenvalue weighted by Crippen LogP contribution is 2.45. The van der Waals surface area contributed by atoms with Gasteiger partial charge in [-0.25, -0.2) is 0 Å². The quantitative estimate of drug-likeness (QED) is 0.166. The number of furan rings is 1. The second-order valence-corrected chi connectivity index (χ2v) is 13.7. The molecule has 0 atom stereocenters. The predicted octanol–water partition coefficient (Wildman–Crippen LogP) is 14.9. The average molecular weight is 690 g/mol. The Kier molecular flexibility index (Phi) is 7.85. The molecule has 0 bridgehead atoms. The van der Waals surface area contributed by atoms with E-state index in [9.17, 15) is 0 Å². The molecule has 0 saturated carbocycles. The topological polar surface area (TPSA) is 16.4 Å². The zero-order chi connectivity index (χ0) is 35.8. The van der Waals surface area contributed by atoms with Crippen molar-refractivity contribution in [3.63, 3.8) is 0 Å². The summed E-state index contributed by atoms with van der Waals surface area (Å²) in [6.07, 6.45) is 0. The van der Waals surface area contributed by atoms with Gasteiger partial charge in [-0.05, 0) is 86.6 Å². The lowest BCUT2D eigenvalue weighted by molar-refractivity contribution is 0.631. The van der Waals surface area contributed by atoms with Crippen molar-refractivity contribution in [1.29, 1.82) is 0 Å². The molecule has 1 aromatic heterocycles. The third-order valence-corrected chi connectivity index (χ3v) is 10.5. The molecule has 10 aromatic rings. The van der Waals surface area contributed by atoms with Crippen LogP contribution in [0.5, 0.6) is 0 Å². The third-order valence-electron chi connectivity index (χ3n) is 10.5. The summed E-state index contributed by atoms with van der Waals surface area (Å²) in [7, 11) is 0. The molecular formula is C52H35NO. The first kappa shape index (κ1) is 31.6. The van der Waals surface area contributed by atoms with Crippen molar-refractivity contribution < 1.29 is 4.42 Å². The van der Waals surface area contributed by atoms with Gasteiger partial charge in [0.2, 0.25) is 0 Å². The Hall–Kier alpha value is -7.16. The van der Waals surface area contributed by atoms with Crippen molar-refractivity contribution in [3.8, 4) is 44.7 Å². The number of hydrogen-bond donors (Lipinski definition) is 0. The van der Waals surface area contributed by atoms with Gasteiger partial charge in [-0.2, -0.15) is 0 Å². The van der Waals surface area contributed by atoms with Gasteiger partial charge in [-0.1, -0.05) is 170 Å². The largest absolute Gasteiger partial charge is 0.456 e. The normalized spacial score (nSPS) is 11.3. The van der Waals surface area contributed by atoms with Crippen molar-refractivity contribution >= 4 is 49.6 Å². The van der Waals surface area contributed by atoms with Crippen LogP contribution in [0.3, 0.4) is 0 Å². The van der Waals surface area contributed by atoms with E-state index in [0.29, 0.717) is 0 Å². The molecule has 0 amide bonds. The highest BCUT2D eigenvalue weighted by Gasteiger charge is 2.20. The lowest BCUT2D eigenvalue weighted by Crippen LogP contribution is -2.11. The summed E-state index contributed by atoms with van der Waals surface area (Å²) in [4.78, 5) is 2.42. The monoisotopic (exact) mass is 689 g/mol. The van der Waals surface area contributed by atoms with Crippen molar-refractivity contribution in [3.05, 3.63) is 212 Å². The van der Waals surface area contributed by atoms with E-state index in [1.165, 1.54) is 49.4 Å². The van der Waals surface area contributed by atoms with Gasteiger partial charge in [0.05, 0.1) is 11.4 Å². The summed E-state index contributed by atoms with van der Waals surface area (Å²) in [6.45, 7) is 0. The zero-order valence-electron chi connectivity index (χ0n) is 29.6. The Morgan fingerprint density at radius 2 is 0.852 bits per heavy atom. The molecule has 1 heterocycles. The summed E-state index contributed by atoms with van der Waals surface area (Å²) in [5.74, 6) is 0.872. The minimum atomic E-state index is 0.872. The number of anilines is 3. The number of fused-ring (bicyclic) bond motifs is 3. The number of para-hydroxylation sites is 1. The minimum Gasteiger partial charge on any atom is -0.456 e. The van der Waals surface area contributed by atoms with Gasteiger partial charge in [-0.15, -0.1) is 0 Å². The SMILES string of the molecule is c1ccc(-c2ccc(-c3ccc(N(c4cccc5ccccc45)c4ccc(-c5cccc(-c6cc7ccccc7o6)c5)c5ccccc45)cc3)cc2)cc1. The van der Waals surface area contributed by atoms with Crippen molar-refractivity contribution in [2.24, 2.45) is 0 Å².